The van der Waals surface area contributed by atoms with E-state index in [0.717, 1.165) is 0 Å². The van der Waals surface area contributed by atoms with E-state index in [9.17, 15) is 78.6 Å². The fraction of sp³-hybridized carbons (Fsp3) is 0.409. The molecular weight excluding hydrogens is 1900 g/mol. The first kappa shape index (κ1) is 113. The molecule has 0 spiro atoms. The van der Waals surface area contributed by atoms with Gasteiger partial charge in [0.05, 0.1) is 99.7 Å². The molecule has 30 nitrogen and oxygen atoms in total. The fourth-order valence-corrected chi connectivity index (χ4v) is 17.8. The van der Waals surface area contributed by atoms with Crippen LogP contribution in [0.15, 0.2) is 116 Å². The van der Waals surface area contributed by atoms with Gasteiger partial charge in [-0.25, -0.2) is 61.3 Å². The zero-order chi connectivity index (χ0) is 93.2. The van der Waals surface area contributed by atoms with E-state index in [-0.39, 0.29) is 229 Å². The second kappa shape index (κ2) is 46.7. The average Bonchev–Trinajstić information content (AvgIpc) is 0.741. The zero-order valence-electron chi connectivity index (χ0n) is 75.0. The molecule has 0 unspecified atom stereocenters. The summed E-state index contributed by atoms with van der Waals surface area (Å²) in [7, 11) is 14.3. The van der Waals surface area contributed by atoms with Crippen molar-refractivity contribution in [1.29, 1.82) is 0 Å². The van der Waals surface area contributed by atoms with E-state index in [1.54, 1.807) is 186 Å². The molecule has 12 aromatic rings. The predicted octanol–water partition coefficient (Wildman–Crippen LogP) is 9.66. The number of ether oxygens (including phenoxy) is 2. The summed E-state index contributed by atoms with van der Waals surface area (Å²) >= 11 is 31.7. The Morgan fingerprint density at radius 3 is 0.925 bits per heavy atom. The number of carboxylic acid groups (broad SMARTS) is 1. The Labute approximate surface area is 827 Å². The van der Waals surface area contributed by atoms with Crippen LogP contribution in [0.25, 0.3) is 87.7 Å². The number of benzene rings is 4. The number of anilines is 7. The molecule has 16 rings (SSSR count). The van der Waals surface area contributed by atoms with Crippen LogP contribution < -0.4 is 111 Å². The van der Waals surface area contributed by atoms with E-state index in [0.29, 0.717) is 158 Å². The van der Waals surface area contributed by atoms with Crippen LogP contribution in [0.5, 0.6) is 0 Å². The number of rotatable bonds is 24. The third kappa shape index (κ3) is 25.2. The smallest absolute Gasteiger partial charge is 0.870 e. The topological polar surface area (TPSA) is 413 Å². The Bertz CT molecular complexity index is 6600. The largest absolute Gasteiger partial charge is 1.00 e. The first-order valence-corrected chi connectivity index (χ1v) is 42.6. The van der Waals surface area contributed by atoms with Gasteiger partial charge in [-0.2, -0.15) is 0 Å². The van der Waals surface area contributed by atoms with Crippen LogP contribution in [0.4, 0.5) is 75.3 Å². The molecule has 46 heteroatoms. The minimum atomic E-state index is -2.61. The van der Waals surface area contributed by atoms with Crippen LogP contribution in [-0.4, -0.2) is 203 Å². The van der Waals surface area contributed by atoms with Crippen molar-refractivity contribution in [1.82, 2.24) is 38.2 Å². The van der Waals surface area contributed by atoms with Crippen LogP contribution in [0.2, 0.25) is 25.2 Å². The molecule has 4 aromatic carbocycles. The molecule has 10 N–H and O–H groups in total. The Morgan fingerprint density at radius 2 is 0.679 bits per heavy atom. The molecule has 0 amide bonds. The second-order valence-electron chi connectivity index (χ2n) is 32.7. The minimum absolute atomic E-state index is 0. The number of aromatic nitrogens is 8. The Kier molecular flexibility index (Phi) is 39.5. The van der Waals surface area contributed by atoms with E-state index in [1.165, 1.54) is 4.57 Å². The maximum Gasteiger partial charge on any atom is 1.00 e. The molecule has 8 aromatic heterocycles. The minimum Gasteiger partial charge on any atom is -0.870 e. The summed E-state index contributed by atoms with van der Waals surface area (Å²) in [5, 5.41) is 23.5. The monoisotopic (exact) mass is 1990 g/mol. The molecule has 0 aliphatic heterocycles. The van der Waals surface area contributed by atoms with E-state index in [2.05, 4.69) is 35.9 Å². The summed E-state index contributed by atoms with van der Waals surface area (Å²) in [6, 6.07) is 26.0. The van der Waals surface area contributed by atoms with Crippen molar-refractivity contribution in [2.45, 2.75) is 115 Å². The first-order valence-electron chi connectivity index (χ1n) is 40.7. The Balaban J connectivity index is 0.000000263. The molecule has 4 aliphatic rings. The van der Waals surface area contributed by atoms with Gasteiger partial charge in [0.2, 0.25) is 23.7 Å². The van der Waals surface area contributed by atoms with Gasteiger partial charge >= 0.3 is 66.3 Å². The van der Waals surface area contributed by atoms with Gasteiger partial charge in [-0.1, -0.05) is 64.5 Å². The van der Waals surface area contributed by atoms with Gasteiger partial charge in [0.1, 0.15) is 64.8 Å². The molecule has 714 valence electrons. The van der Waals surface area contributed by atoms with Crippen molar-refractivity contribution in [3.63, 3.8) is 0 Å². The fourth-order valence-electron chi connectivity index (χ4n) is 16.3. The van der Waals surface area contributed by atoms with Crippen LogP contribution in [-0.2, 0) is 54.8 Å². The molecule has 0 saturated heterocycles. The van der Waals surface area contributed by atoms with Gasteiger partial charge in [0.15, 0.2) is 21.7 Å². The van der Waals surface area contributed by atoms with Crippen molar-refractivity contribution in [2.75, 3.05) is 131 Å². The summed E-state index contributed by atoms with van der Waals surface area (Å²) < 4.78 is 119. The molecule has 8 heterocycles. The number of fused-ring (bicyclic) bond motifs is 8. The number of nitrogens with zero attached hydrogens (tertiary/aromatic N) is 12. The normalized spacial score (nSPS) is 14.8. The number of hydrogen-bond acceptors (Lipinski definition) is 24. The zero-order valence-corrected chi connectivity index (χ0v) is 81.6. The predicted molar refractivity (Wildman–Crippen MR) is 503 cm³/mol. The molecule has 0 bridgehead atoms. The third-order valence-electron chi connectivity index (χ3n) is 22.2. The number of carbonyl (C=O) groups is 3. The number of halogens is 14. The van der Waals surface area contributed by atoms with Crippen molar-refractivity contribution in [3.8, 4) is 0 Å². The summed E-state index contributed by atoms with van der Waals surface area (Å²) in [6.45, 7) is 4.49. The van der Waals surface area contributed by atoms with Gasteiger partial charge in [0.25, 0.3) is 0 Å². The molecule has 4 saturated carbocycles. The first-order chi connectivity index (χ1) is 60.4. The number of aliphatic carboxylic acids is 1. The van der Waals surface area contributed by atoms with Gasteiger partial charge < -0.3 is 95.4 Å². The quantitative estimate of drug-likeness (QED) is 0.00937. The Hall–Kier alpha value is -9.34. The third-order valence-corrected chi connectivity index (χ3v) is 23.6. The van der Waals surface area contributed by atoms with E-state index >= 15 is 0 Å². The Morgan fingerprint density at radius 1 is 0.433 bits per heavy atom. The van der Waals surface area contributed by atoms with Crippen LogP contribution in [0.3, 0.4) is 0 Å². The summed E-state index contributed by atoms with van der Waals surface area (Å²) in [5.41, 5.74) is 9.45. The second-order valence-corrected chi connectivity index (χ2v) is 34.7. The van der Waals surface area contributed by atoms with Gasteiger partial charge in [0, 0.05) is 149 Å². The number of carbonyl (C=O) groups excluding carboxylic acids is 3. The van der Waals surface area contributed by atoms with Crippen molar-refractivity contribution in [3.05, 3.63) is 163 Å². The molecule has 4 aliphatic carbocycles. The average molecular weight is 2000 g/mol. The van der Waals surface area contributed by atoms with Gasteiger partial charge in [-0.3, -0.25) is 33.6 Å². The van der Waals surface area contributed by atoms with E-state index in [4.69, 9.17) is 73.2 Å². The van der Waals surface area contributed by atoms with Crippen LogP contribution in [0.1, 0.15) is 65.2 Å². The van der Waals surface area contributed by atoms with Crippen molar-refractivity contribution >= 4 is 223 Å². The maximum absolute atomic E-state index is 13.3. The number of pyridine rings is 8. The number of nitrogens with one attached hydrogen (secondary N) is 3. The van der Waals surface area contributed by atoms with Crippen LogP contribution in [0, 0.1) is 23.7 Å². The molecule has 0 radical (unpaired) electrons. The number of nitrogens with two attached hydrogens (primary N) is 1. The molecular formula is C88H97Cl6F8LiN16NaO14-. The van der Waals surface area contributed by atoms with Gasteiger partial charge in [-0.15, -0.1) is 12.4 Å². The standard InChI is InChI=1S/C23H25ClF2N4O3.C21H21ClF2N4O3.C21H20ClF2N4O2.C18H17Cl2N3O3.C5H9F2N.ClH.Li.Na.3H2O/c1-4-33-18(31)12-30-19-14(5-7-16(24)20(19)29(2)3)21(32)15-6-8-17(28-22(15)30)27-11-13-9-23(25,26)10-13;1-27(2)18-14(22)5-3-12-17(18)28(10-16(29)30)20-13(19(12)31)4-6-15(26-20)25-9-11-7-21(23,24)8-11;1-27(2)18-15(22)5-3-13-17(18)28(7-8-29)20-14(19(13)30)4-6-16(26-20)25-11-12-9-21(23,24)10-12;1-4-26-14(24)9-23-15-10(5-7-12(19)16(15)22(2)3)17(25)11-6-8-13(20)21-18(11)23;6-5(7)1-4(2-5)3-8;;;;;;/h5-8,13H,4,9-12H2,1-3H3,(H,27,28);3-6,11H,7-10H2,1-2H3,(H,25,26)(H,29,30);3-6,12H,7,9-11H2,1-2H3,(H,25,26);5-8H,4,9H2,1-3H3;4H,1-3,8H2;1H;;;3*1H2/q;;-1;;;;2*+1;;;/p-2. The van der Waals surface area contributed by atoms with Gasteiger partial charge in [-0.05, 0) is 141 Å². The summed E-state index contributed by atoms with van der Waals surface area (Å²) in [5.74, 6) is -11.3. The molecule has 134 heavy (non-hydrogen) atoms. The number of carboxylic acids is 1. The van der Waals surface area contributed by atoms with E-state index < -0.39 is 48.1 Å². The molecule has 4 fully saturated rings. The summed E-state index contributed by atoms with van der Waals surface area (Å²) in [4.78, 5) is 125. The number of esters is 2. The van der Waals surface area contributed by atoms with E-state index in [1.807, 2.05) is 20.4 Å². The van der Waals surface area contributed by atoms with Crippen molar-refractivity contribution in [2.24, 2.45) is 29.4 Å². The SMILES string of the molecule is CCOC(=O)Cn1c2nc(Cl)ccc2c(=O)c2ccc(Cl)c(N(C)C)c21.CCOC(=O)Cn1c2nc(NCC3CC(F)(F)C3)ccc2c(=O)c2ccc(Cl)c(N(C)C)c21.CN(C)c1c(Cl)ccc2c(=O)c3ccc(NCC4CC(F)(F)C4)nc3n(CC(=O)O)c12.CN(C)c1c(Cl)ccc2c(=O)c3ccc(NCC4CC(F)(F)C4)nc3n(C[C-]=O)c12.Cl.NCC1CC(F)(F)C1.O.[Li+].[Na+].[OH-].[OH-]. The van der Waals surface area contributed by atoms with Crippen LogP contribution >= 0.6 is 70.4 Å². The molecule has 0 atom stereocenters. The summed E-state index contributed by atoms with van der Waals surface area (Å²) in [6.07, 6.45) is 0.932. The number of alkyl halides is 8. The number of hydrogen-bond donors (Lipinski definition) is 5. The maximum atomic E-state index is 13.3. The van der Waals surface area contributed by atoms with Crippen molar-refractivity contribution < 1.29 is 134 Å².